The van der Waals surface area contributed by atoms with Gasteiger partial charge in [0.1, 0.15) is 5.75 Å². The van der Waals surface area contributed by atoms with Crippen molar-refractivity contribution in [2.75, 3.05) is 6.61 Å². The number of nitrogens with one attached hydrogen (secondary N) is 3. The largest absolute Gasteiger partial charge is 0.484 e. The standard InChI is InChI=1S/C16H20BrN3O3S/c17-12-6-8-13(9-7-12)23-10-14(21)19-20-16(24)18-15(22)11-4-2-1-3-5-11/h6-9,11H,1-5,10H2,(H,19,21)(H2,18,20,22,24). The topological polar surface area (TPSA) is 79.5 Å². The maximum atomic E-state index is 12.0. The molecule has 0 saturated heterocycles. The van der Waals surface area contributed by atoms with Crippen LogP contribution in [0.25, 0.3) is 0 Å². The van der Waals surface area contributed by atoms with E-state index in [4.69, 9.17) is 17.0 Å². The molecule has 2 rings (SSSR count). The fourth-order valence-electron chi connectivity index (χ4n) is 2.45. The molecule has 1 saturated carbocycles. The summed E-state index contributed by atoms with van der Waals surface area (Å²) in [5, 5.41) is 2.69. The van der Waals surface area contributed by atoms with Crippen LogP contribution in [-0.2, 0) is 9.59 Å². The molecule has 3 N–H and O–H groups in total. The van der Waals surface area contributed by atoms with E-state index in [-0.39, 0.29) is 23.5 Å². The van der Waals surface area contributed by atoms with Crippen LogP contribution in [-0.4, -0.2) is 23.5 Å². The Morgan fingerprint density at radius 1 is 1.12 bits per heavy atom. The number of rotatable bonds is 4. The van der Waals surface area contributed by atoms with Crippen molar-refractivity contribution < 1.29 is 14.3 Å². The average molecular weight is 414 g/mol. The molecule has 0 atom stereocenters. The van der Waals surface area contributed by atoms with Gasteiger partial charge >= 0.3 is 0 Å². The molecule has 0 aromatic heterocycles. The normalized spacial score (nSPS) is 14.5. The molecule has 24 heavy (non-hydrogen) atoms. The Morgan fingerprint density at radius 2 is 1.79 bits per heavy atom. The second-order valence-electron chi connectivity index (χ2n) is 5.57. The highest BCUT2D eigenvalue weighted by Gasteiger charge is 2.21. The van der Waals surface area contributed by atoms with E-state index in [0.29, 0.717) is 5.75 Å². The lowest BCUT2D eigenvalue weighted by atomic mass is 9.89. The third kappa shape index (κ3) is 6.45. The number of benzene rings is 1. The molecule has 6 nitrogen and oxygen atoms in total. The van der Waals surface area contributed by atoms with Gasteiger partial charge in [0.2, 0.25) is 5.91 Å². The van der Waals surface area contributed by atoms with Crippen LogP contribution >= 0.6 is 28.1 Å². The van der Waals surface area contributed by atoms with Crippen LogP contribution in [0.3, 0.4) is 0 Å². The summed E-state index contributed by atoms with van der Waals surface area (Å²) in [5.41, 5.74) is 4.90. The molecule has 0 radical (unpaired) electrons. The van der Waals surface area contributed by atoms with E-state index >= 15 is 0 Å². The molecule has 0 heterocycles. The second kappa shape index (κ2) is 9.58. The fraction of sp³-hybridized carbons (Fsp3) is 0.438. The first kappa shape index (κ1) is 18.7. The minimum atomic E-state index is -0.396. The van der Waals surface area contributed by atoms with Gasteiger partial charge in [-0.15, -0.1) is 0 Å². The maximum absolute atomic E-state index is 12.0. The Morgan fingerprint density at radius 3 is 2.46 bits per heavy atom. The molecular formula is C16H20BrN3O3S. The molecule has 0 bridgehead atoms. The molecule has 1 aliphatic carbocycles. The second-order valence-corrected chi connectivity index (χ2v) is 6.89. The number of ether oxygens (including phenoxy) is 1. The highest BCUT2D eigenvalue weighted by Crippen LogP contribution is 2.23. The number of amides is 2. The summed E-state index contributed by atoms with van der Waals surface area (Å²) in [6.45, 7) is -0.159. The van der Waals surface area contributed by atoms with E-state index in [1.807, 2.05) is 12.1 Å². The molecule has 0 spiro atoms. The van der Waals surface area contributed by atoms with Crippen LogP contribution in [0.2, 0.25) is 0 Å². The van der Waals surface area contributed by atoms with E-state index in [1.165, 1.54) is 6.42 Å². The van der Waals surface area contributed by atoms with E-state index in [0.717, 1.165) is 30.2 Å². The highest BCUT2D eigenvalue weighted by molar-refractivity contribution is 9.10. The number of carbonyl (C=O) groups is 2. The SMILES string of the molecule is O=C(COc1ccc(Br)cc1)NNC(=S)NC(=O)C1CCCCC1. The zero-order valence-electron chi connectivity index (χ0n) is 13.1. The maximum Gasteiger partial charge on any atom is 0.276 e. The van der Waals surface area contributed by atoms with Gasteiger partial charge in [-0.25, -0.2) is 0 Å². The van der Waals surface area contributed by atoms with Gasteiger partial charge < -0.3 is 10.1 Å². The number of carbonyl (C=O) groups excluding carboxylic acids is 2. The summed E-state index contributed by atoms with van der Waals surface area (Å²) in [7, 11) is 0. The third-order valence-electron chi connectivity index (χ3n) is 3.71. The first-order valence-corrected chi connectivity index (χ1v) is 9.03. The molecule has 2 amide bonds. The van der Waals surface area contributed by atoms with Crippen molar-refractivity contribution >= 4 is 45.1 Å². The Labute approximate surface area is 154 Å². The zero-order valence-corrected chi connectivity index (χ0v) is 15.5. The van der Waals surface area contributed by atoms with Gasteiger partial charge in [0.25, 0.3) is 5.91 Å². The van der Waals surface area contributed by atoms with Gasteiger partial charge in [0.15, 0.2) is 11.7 Å². The van der Waals surface area contributed by atoms with Crippen molar-refractivity contribution in [2.45, 2.75) is 32.1 Å². The Balaban J connectivity index is 1.64. The number of thiocarbonyl (C=S) groups is 1. The molecule has 0 aliphatic heterocycles. The smallest absolute Gasteiger partial charge is 0.276 e. The molecular weight excluding hydrogens is 394 g/mol. The average Bonchev–Trinajstić information content (AvgIpc) is 2.60. The van der Waals surface area contributed by atoms with Crippen molar-refractivity contribution in [2.24, 2.45) is 5.92 Å². The number of halogens is 1. The van der Waals surface area contributed by atoms with Gasteiger partial charge in [-0.1, -0.05) is 35.2 Å². The van der Waals surface area contributed by atoms with Gasteiger partial charge in [0, 0.05) is 10.4 Å². The minimum absolute atomic E-state index is 0.00920. The third-order valence-corrected chi connectivity index (χ3v) is 4.44. The number of hydrogen-bond donors (Lipinski definition) is 3. The van der Waals surface area contributed by atoms with Gasteiger partial charge in [-0.3, -0.25) is 20.4 Å². The van der Waals surface area contributed by atoms with Crippen molar-refractivity contribution in [1.82, 2.24) is 16.2 Å². The summed E-state index contributed by atoms with van der Waals surface area (Å²) in [5.74, 6) is 0.108. The van der Waals surface area contributed by atoms with Crippen LogP contribution in [0.4, 0.5) is 0 Å². The molecule has 1 aromatic carbocycles. The fourth-order valence-corrected chi connectivity index (χ4v) is 2.87. The molecule has 130 valence electrons. The summed E-state index contributed by atoms with van der Waals surface area (Å²) >= 11 is 8.33. The van der Waals surface area contributed by atoms with E-state index < -0.39 is 5.91 Å². The monoisotopic (exact) mass is 413 g/mol. The van der Waals surface area contributed by atoms with Crippen LogP contribution in [0.15, 0.2) is 28.7 Å². The van der Waals surface area contributed by atoms with Crippen LogP contribution in [0.5, 0.6) is 5.75 Å². The quantitative estimate of drug-likeness (QED) is 0.521. The molecule has 8 heteroatoms. The predicted molar refractivity (Wildman–Crippen MR) is 98.2 cm³/mol. The lowest BCUT2D eigenvalue weighted by molar-refractivity contribution is -0.125. The zero-order chi connectivity index (χ0) is 17.4. The van der Waals surface area contributed by atoms with E-state index in [9.17, 15) is 9.59 Å². The number of hydrogen-bond acceptors (Lipinski definition) is 4. The Hall–Kier alpha value is -1.67. The van der Waals surface area contributed by atoms with Gasteiger partial charge in [-0.05, 0) is 49.3 Å². The Bertz CT molecular complexity index is 589. The van der Waals surface area contributed by atoms with Gasteiger partial charge in [0.05, 0.1) is 0 Å². The molecule has 1 aliphatic rings. The molecule has 0 unspecified atom stereocenters. The summed E-state index contributed by atoms with van der Waals surface area (Å²) in [4.78, 5) is 23.7. The van der Waals surface area contributed by atoms with Crippen LogP contribution in [0.1, 0.15) is 32.1 Å². The van der Waals surface area contributed by atoms with Crippen LogP contribution in [0, 0.1) is 5.92 Å². The van der Waals surface area contributed by atoms with Crippen molar-refractivity contribution in [3.8, 4) is 5.75 Å². The first-order chi connectivity index (χ1) is 11.5. The van der Waals surface area contributed by atoms with Gasteiger partial charge in [-0.2, -0.15) is 0 Å². The number of hydrazine groups is 1. The minimum Gasteiger partial charge on any atom is -0.484 e. The summed E-state index contributed by atoms with van der Waals surface area (Å²) in [6, 6.07) is 7.14. The van der Waals surface area contributed by atoms with E-state index in [2.05, 4.69) is 32.1 Å². The lowest BCUT2D eigenvalue weighted by Crippen LogP contribution is -2.50. The summed E-state index contributed by atoms with van der Waals surface area (Å²) < 4.78 is 6.26. The molecule has 1 aromatic rings. The summed E-state index contributed by atoms with van der Waals surface area (Å²) in [6.07, 6.45) is 5.11. The van der Waals surface area contributed by atoms with E-state index in [1.54, 1.807) is 12.1 Å². The van der Waals surface area contributed by atoms with Crippen molar-refractivity contribution in [3.63, 3.8) is 0 Å². The predicted octanol–water partition coefficient (Wildman–Crippen LogP) is 2.43. The van der Waals surface area contributed by atoms with Crippen LogP contribution < -0.4 is 20.9 Å². The lowest BCUT2D eigenvalue weighted by Gasteiger charge is -2.21. The van der Waals surface area contributed by atoms with Crippen molar-refractivity contribution in [3.05, 3.63) is 28.7 Å². The highest BCUT2D eigenvalue weighted by atomic mass is 79.9. The van der Waals surface area contributed by atoms with Crippen molar-refractivity contribution in [1.29, 1.82) is 0 Å². The molecule has 1 fully saturated rings. The Kier molecular flexibility index (Phi) is 7.45. The first-order valence-electron chi connectivity index (χ1n) is 7.82.